The fraction of sp³-hybridized carbons (Fsp3) is 0.316. The zero-order valence-corrected chi connectivity index (χ0v) is 13.2. The predicted octanol–water partition coefficient (Wildman–Crippen LogP) is 4.39. The minimum absolute atomic E-state index is 0.304. The number of carbonyl (C=O) groups is 1. The third-order valence-electron chi connectivity index (χ3n) is 3.99. The molecule has 21 heavy (non-hydrogen) atoms. The lowest BCUT2D eigenvalue weighted by atomic mass is 10.0. The Kier molecular flexibility index (Phi) is 4.45. The van der Waals surface area contributed by atoms with Gasteiger partial charge in [-0.15, -0.1) is 11.8 Å². The van der Waals surface area contributed by atoms with Crippen LogP contribution in [0.3, 0.4) is 0 Å². The second-order valence-corrected chi connectivity index (χ2v) is 6.82. The number of hydrogen-bond donors (Lipinski definition) is 0. The lowest BCUT2D eigenvalue weighted by molar-refractivity contribution is -0.116. The maximum Gasteiger partial charge on any atom is 0.147 e. The van der Waals surface area contributed by atoms with E-state index in [1.807, 2.05) is 0 Å². The highest BCUT2D eigenvalue weighted by atomic mass is 32.2. The number of benzene rings is 2. The standard InChI is InChI=1S/C19H20OS/c1-14-5-9-19(10-6-14)21-13-18(20)12-15-7-8-16-3-2-4-17(16)11-15/h5-11H,2-4,12-13H2,1H3. The minimum atomic E-state index is 0.304. The first-order valence-electron chi connectivity index (χ1n) is 7.52. The van der Waals surface area contributed by atoms with E-state index in [9.17, 15) is 4.79 Å². The Bertz CT molecular complexity index is 643. The van der Waals surface area contributed by atoms with E-state index in [1.54, 1.807) is 11.8 Å². The van der Waals surface area contributed by atoms with Gasteiger partial charge in [0.15, 0.2) is 0 Å². The molecule has 0 fully saturated rings. The first-order chi connectivity index (χ1) is 10.2. The van der Waals surface area contributed by atoms with Crippen LogP contribution in [0.4, 0.5) is 0 Å². The molecule has 1 nitrogen and oxygen atoms in total. The van der Waals surface area contributed by atoms with Gasteiger partial charge in [-0.05, 0) is 55.0 Å². The number of rotatable bonds is 5. The molecule has 2 aromatic carbocycles. The maximum atomic E-state index is 12.1. The summed E-state index contributed by atoms with van der Waals surface area (Å²) in [5, 5.41) is 0. The SMILES string of the molecule is Cc1ccc(SCC(=O)Cc2ccc3c(c2)CCC3)cc1. The smallest absolute Gasteiger partial charge is 0.147 e. The number of thioether (sulfide) groups is 1. The number of fused-ring (bicyclic) bond motifs is 1. The number of aryl methyl sites for hydroxylation is 3. The van der Waals surface area contributed by atoms with E-state index in [-0.39, 0.29) is 0 Å². The van der Waals surface area contributed by atoms with Crippen LogP contribution >= 0.6 is 11.8 Å². The summed E-state index contributed by atoms with van der Waals surface area (Å²) in [6, 6.07) is 14.9. The molecule has 0 aliphatic heterocycles. The zero-order valence-electron chi connectivity index (χ0n) is 12.4. The van der Waals surface area contributed by atoms with Crippen molar-refractivity contribution in [2.24, 2.45) is 0 Å². The van der Waals surface area contributed by atoms with Crippen LogP contribution in [0, 0.1) is 6.92 Å². The molecule has 0 bridgehead atoms. The van der Waals surface area contributed by atoms with Crippen molar-refractivity contribution in [1.29, 1.82) is 0 Å². The highest BCUT2D eigenvalue weighted by molar-refractivity contribution is 8.00. The van der Waals surface area contributed by atoms with Crippen LogP contribution in [0.2, 0.25) is 0 Å². The molecule has 0 N–H and O–H groups in total. The summed E-state index contributed by atoms with van der Waals surface area (Å²) in [6.07, 6.45) is 4.20. The van der Waals surface area contributed by atoms with Gasteiger partial charge in [0.25, 0.3) is 0 Å². The quantitative estimate of drug-likeness (QED) is 0.761. The second-order valence-electron chi connectivity index (χ2n) is 5.77. The van der Waals surface area contributed by atoms with Crippen molar-refractivity contribution in [3.63, 3.8) is 0 Å². The van der Waals surface area contributed by atoms with Gasteiger partial charge in [0.1, 0.15) is 5.78 Å². The molecule has 0 aromatic heterocycles. The van der Waals surface area contributed by atoms with Gasteiger partial charge >= 0.3 is 0 Å². The van der Waals surface area contributed by atoms with Gasteiger partial charge in [0.05, 0.1) is 5.75 Å². The zero-order chi connectivity index (χ0) is 14.7. The van der Waals surface area contributed by atoms with Gasteiger partial charge in [0.2, 0.25) is 0 Å². The Morgan fingerprint density at radius 3 is 2.62 bits per heavy atom. The minimum Gasteiger partial charge on any atom is -0.298 e. The molecule has 2 heteroatoms. The third kappa shape index (κ3) is 3.76. The Labute approximate surface area is 130 Å². The highest BCUT2D eigenvalue weighted by Gasteiger charge is 2.12. The highest BCUT2D eigenvalue weighted by Crippen LogP contribution is 2.24. The molecule has 1 aliphatic rings. The van der Waals surface area contributed by atoms with Crippen LogP contribution < -0.4 is 0 Å². The first-order valence-corrected chi connectivity index (χ1v) is 8.51. The topological polar surface area (TPSA) is 17.1 Å². The summed E-state index contributed by atoms with van der Waals surface area (Å²) < 4.78 is 0. The molecule has 108 valence electrons. The van der Waals surface area contributed by atoms with Crippen LogP contribution in [0.5, 0.6) is 0 Å². The molecule has 0 radical (unpaired) electrons. The Morgan fingerprint density at radius 2 is 1.81 bits per heavy atom. The molecule has 1 aliphatic carbocycles. The van der Waals surface area contributed by atoms with Crippen molar-refractivity contribution in [3.05, 3.63) is 64.7 Å². The van der Waals surface area contributed by atoms with Gasteiger partial charge in [-0.25, -0.2) is 0 Å². The lowest BCUT2D eigenvalue weighted by Gasteiger charge is -2.05. The molecule has 0 atom stereocenters. The average Bonchev–Trinajstić information content (AvgIpc) is 2.94. The maximum absolute atomic E-state index is 12.1. The molecular weight excluding hydrogens is 276 g/mol. The summed E-state index contributed by atoms with van der Waals surface area (Å²) in [5.41, 5.74) is 5.35. The van der Waals surface area contributed by atoms with E-state index in [0.717, 1.165) is 0 Å². The molecule has 0 unspecified atom stereocenters. The van der Waals surface area contributed by atoms with Crippen molar-refractivity contribution in [1.82, 2.24) is 0 Å². The van der Waals surface area contributed by atoms with Gasteiger partial charge in [-0.2, -0.15) is 0 Å². The van der Waals surface area contributed by atoms with Gasteiger partial charge in [-0.1, -0.05) is 35.9 Å². The van der Waals surface area contributed by atoms with E-state index in [1.165, 1.54) is 46.4 Å². The third-order valence-corrected chi connectivity index (χ3v) is 5.06. The number of ketones is 1. The molecule has 0 saturated heterocycles. The van der Waals surface area contributed by atoms with Crippen molar-refractivity contribution >= 4 is 17.5 Å². The van der Waals surface area contributed by atoms with Crippen LogP contribution in [0.15, 0.2) is 47.4 Å². The Morgan fingerprint density at radius 1 is 1.05 bits per heavy atom. The summed E-state index contributed by atoms with van der Waals surface area (Å²) in [4.78, 5) is 13.3. The Balaban J connectivity index is 1.55. The monoisotopic (exact) mass is 296 g/mol. The van der Waals surface area contributed by atoms with Crippen molar-refractivity contribution < 1.29 is 4.79 Å². The summed E-state index contributed by atoms with van der Waals surface area (Å²) in [7, 11) is 0. The largest absolute Gasteiger partial charge is 0.298 e. The Hall–Kier alpha value is -1.54. The fourth-order valence-corrected chi connectivity index (χ4v) is 3.57. The fourth-order valence-electron chi connectivity index (χ4n) is 2.81. The van der Waals surface area contributed by atoms with Crippen LogP contribution in [-0.4, -0.2) is 11.5 Å². The summed E-state index contributed by atoms with van der Waals surface area (Å²) in [5.74, 6) is 0.860. The number of Topliss-reactive ketones (excluding diaryl/α,β-unsaturated/α-hetero) is 1. The van der Waals surface area contributed by atoms with E-state index < -0.39 is 0 Å². The lowest BCUT2D eigenvalue weighted by Crippen LogP contribution is -2.06. The van der Waals surface area contributed by atoms with Crippen molar-refractivity contribution in [3.8, 4) is 0 Å². The van der Waals surface area contributed by atoms with Crippen LogP contribution in [0.25, 0.3) is 0 Å². The van der Waals surface area contributed by atoms with Gasteiger partial charge in [0, 0.05) is 11.3 Å². The molecular formula is C19H20OS. The number of hydrogen-bond acceptors (Lipinski definition) is 2. The van der Waals surface area contributed by atoms with E-state index in [0.29, 0.717) is 18.0 Å². The molecule has 0 spiro atoms. The summed E-state index contributed by atoms with van der Waals surface area (Å²) >= 11 is 1.63. The average molecular weight is 296 g/mol. The first kappa shape index (κ1) is 14.4. The van der Waals surface area contributed by atoms with Gasteiger partial charge < -0.3 is 0 Å². The molecule has 0 saturated carbocycles. The predicted molar refractivity (Wildman–Crippen MR) is 89.1 cm³/mol. The van der Waals surface area contributed by atoms with E-state index in [4.69, 9.17) is 0 Å². The van der Waals surface area contributed by atoms with Crippen molar-refractivity contribution in [2.75, 3.05) is 5.75 Å². The number of carbonyl (C=O) groups excluding carboxylic acids is 1. The molecule has 3 rings (SSSR count). The van der Waals surface area contributed by atoms with Crippen LogP contribution in [0.1, 0.15) is 28.7 Å². The molecule has 0 amide bonds. The van der Waals surface area contributed by atoms with Gasteiger partial charge in [-0.3, -0.25) is 4.79 Å². The van der Waals surface area contributed by atoms with E-state index >= 15 is 0 Å². The molecule has 0 heterocycles. The van der Waals surface area contributed by atoms with Crippen molar-refractivity contribution in [2.45, 2.75) is 37.5 Å². The van der Waals surface area contributed by atoms with Crippen LogP contribution in [-0.2, 0) is 24.1 Å². The molecule has 2 aromatic rings. The summed E-state index contributed by atoms with van der Waals surface area (Å²) in [6.45, 7) is 2.08. The van der Waals surface area contributed by atoms with E-state index in [2.05, 4.69) is 49.4 Å². The normalized spacial score (nSPS) is 13.2. The second kappa shape index (κ2) is 6.48.